The fourth-order valence-corrected chi connectivity index (χ4v) is 4.59. The number of esters is 3. The van der Waals surface area contributed by atoms with Gasteiger partial charge in [0.15, 0.2) is 41.0 Å². The first kappa shape index (κ1) is 33.6. The van der Waals surface area contributed by atoms with Gasteiger partial charge in [0, 0.05) is 11.1 Å². The molecule has 9 N–H and O–H groups in total. The van der Waals surface area contributed by atoms with E-state index in [0.717, 1.165) is 30.3 Å². The molecular formula is C30H30O16. The maximum absolute atomic E-state index is 13.2. The molecule has 1 fully saturated rings. The zero-order valence-electron chi connectivity index (χ0n) is 24.0. The maximum atomic E-state index is 13.2. The number of benzene rings is 3. The molecule has 246 valence electrons. The predicted octanol–water partition coefficient (Wildman–Crippen LogP) is 0.581. The second-order valence-corrected chi connectivity index (χ2v) is 10.3. The Morgan fingerprint density at radius 3 is 1.76 bits per heavy atom. The lowest BCUT2D eigenvalue weighted by Crippen LogP contribution is -2.57. The largest absolute Gasteiger partial charge is 0.507 e. The number of aliphatic hydroxyl groups excluding tert-OH is 3. The van der Waals surface area contributed by atoms with Gasteiger partial charge in [0.25, 0.3) is 0 Å². The molecule has 1 aliphatic rings. The quantitative estimate of drug-likeness (QED) is 0.0874. The zero-order chi connectivity index (χ0) is 33.9. The van der Waals surface area contributed by atoms with Crippen molar-refractivity contribution >= 4 is 17.9 Å². The molecule has 1 aliphatic heterocycles. The van der Waals surface area contributed by atoms with Gasteiger partial charge in [0.2, 0.25) is 0 Å². The molecule has 4 unspecified atom stereocenters. The number of carbonyl (C=O) groups excluding carboxylic acids is 3. The number of aromatic hydroxyl groups is 6. The summed E-state index contributed by atoms with van der Waals surface area (Å²) in [6, 6.07) is 5.91. The van der Waals surface area contributed by atoms with Crippen LogP contribution in [0.15, 0.2) is 36.4 Å². The van der Waals surface area contributed by atoms with Crippen LogP contribution >= 0.6 is 0 Å². The SMILES string of the molecule is Cc1cc(C(=O)OCC2OCC(OC(=O)c3cc(O)c(O)c(O)c3)C(OC(=O)c3cc(CO)c(O)c(CO)c3)C2O)cc(O)c1O. The van der Waals surface area contributed by atoms with Gasteiger partial charge in [-0.1, -0.05) is 0 Å². The van der Waals surface area contributed by atoms with Gasteiger partial charge < -0.3 is 64.9 Å². The smallest absolute Gasteiger partial charge is 0.338 e. The second-order valence-electron chi connectivity index (χ2n) is 10.3. The summed E-state index contributed by atoms with van der Waals surface area (Å²) in [6.45, 7) is -1.16. The third-order valence-electron chi connectivity index (χ3n) is 7.10. The molecule has 0 aromatic heterocycles. The summed E-state index contributed by atoms with van der Waals surface area (Å²) in [5, 5.41) is 89.1. The van der Waals surface area contributed by atoms with Crippen molar-refractivity contribution in [2.45, 2.75) is 44.6 Å². The molecule has 0 spiro atoms. The van der Waals surface area contributed by atoms with Crippen molar-refractivity contribution in [2.24, 2.45) is 0 Å². The van der Waals surface area contributed by atoms with Gasteiger partial charge in [-0.15, -0.1) is 0 Å². The highest BCUT2D eigenvalue weighted by atomic mass is 16.6. The van der Waals surface area contributed by atoms with E-state index in [4.69, 9.17) is 18.9 Å². The third-order valence-corrected chi connectivity index (χ3v) is 7.10. The standard InChI is InChI=1S/C30H30O16/c1-12-2-13(5-18(33)23(12)36)28(40)44-10-21-26(39)27(46-30(42)14-3-16(8-31)24(37)17(4-14)9-32)22(11-43-21)45-29(41)15-6-19(34)25(38)20(35)7-15/h2-7,21-22,26-27,31-39H,8-11H2,1H3. The highest BCUT2D eigenvalue weighted by molar-refractivity contribution is 5.92. The predicted molar refractivity (Wildman–Crippen MR) is 150 cm³/mol. The summed E-state index contributed by atoms with van der Waals surface area (Å²) in [5.41, 5.74) is -0.915. The Hall–Kier alpha value is -5.29. The number of hydrogen-bond acceptors (Lipinski definition) is 16. The minimum atomic E-state index is -1.83. The summed E-state index contributed by atoms with van der Waals surface area (Å²) < 4.78 is 21.6. The second kappa shape index (κ2) is 13.8. The van der Waals surface area contributed by atoms with Crippen molar-refractivity contribution in [3.05, 3.63) is 69.8 Å². The third kappa shape index (κ3) is 7.00. The molecule has 3 aromatic carbocycles. The Balaban J connectivity index is 1.58. The Morgan fingerprint density at radius 1 is 0.717 bits per heavy atom. The van der Waals surface area contributed by atoms with E-state index in [0.29, 0.717) is 0 Å². The van der Waals surface area contributed by atoms with Crippen LogP contribution in [0.25, 0.3) is 0 Å². The van der Waals surface area contributed by atoms with Gasteiger partial charge in [-0.2, -0.15) is 0 Å². The van der Waals surface area contributed by atoms with E-state index < -0.39 is 109 Å². The van der Waals surface area contributed by atoms with Crippen molar-refractivity contribution in [2.75, 3.05) is 13.2 Å². The molecule has 16 nitrogen and oxygen atoms in total. The van der Waals surface area contributed by atoms with Crippen LogP contribution in [0.2, 0.25) is 0 Å². The Labute approximate surface area is 259 Å². The number of carbonyl (C=O) groups is 3. The minimum absolute atomic E-state index is 0.124. The Morgan fingerprint density at radius 2 is 1.22 bits per heavy atom. The Kier molecular flexibility index (Phi) is 10.1. The van der Waals surface area contributed by atoms with Crippen molar-refractivity contribution in [3.8, 4) is 34.5 Å². The lowest BCUT2D eigenvalue weighted by atomic mass is 9.99. The van der Waals surface area contributed by atoms with Gasteiger partial charge >= 0.3 is 17.9 Å². The van der Waals surface area contributed by atoms with Gasteiger partial charge in [-0.05, 0) is 48.9 Å². The molecule has 46 heavy (non-hydrogen) atoms. The van der Waals surface area contributed by atoms with Crippen LogP contribution in [-0.2, 0) is 32.2 Å². The highest BCUT2D eigenvalue weighted by Crippen LogP contribution is 2.36. The monoisotopic (exact) mass is 646 g/mol. The minimum Gasteiger partial charge on any atom is -0.507 e. The first-order chi connectivity index (χ1) is 21.7. The summed E-state index contributed by atoms with van der Waals surface area (Å²) in [5.74, 6) is -7.38. The highest BCUT2D eigenvalue weighted by Gasteiger charge is 2.45. The average molecular weight is 647 g/mol. The fraction of sp³-hybridized carbons (Fsp3) is 0.300. The summed E-state index contributed by atoms with van der Waals surface area (Å²) in [7, 11) is 0. The number of rotatable bonds is 9. The first-order valence-electron chi connectivity index (χ1n) is 13.5. The molecule has 0 radical (unpaired) electrons. The van der Waals surface area contributed by atoms with E-state index in [1.54, 1.807) is 0 Å². The van der Waals surface area contributed by atoms with Gasteiger partial charge in [0.05, 0.1) is 36.5 Å². The first-order valence-corrected chi connectivity index (χ1v) is 13.5. The Bertz CT molecular complexity index is 1580. The molecule has 0 bridgehead atoms. The van der Waals surface area contributed by atoms with E-state index in [9.17, 15) is 60.3 Å². The summed E-state index contributed by atoms with van der Waals surface area (Å²) in [6.07, 6.45) is -6.45. The lowest BCUT2D eigenvalue weighted by Gasteiger charge is -2.38. The molecule has 4 rings (SSSR count). The normalized spacial score (nSPS) is 19.3. The molecule has 0 aliphatic carbocycles. The van der Waals surface area contributed by atoms with Crippen molar-refractivity contribution in [1.82, 2.24) is 0 Å². The van der Waals surface area contributed by atoms with Crippen molar-refractivity contribution in [1.29, 1.82) is 0 Å². The van der Waals surface area contributed by atoms with Crippen LogP contribution in [-0.4, -0.2) is 101 Å². The summed E-state index contributed by atoms with van der Waals surface area (Å²) >= 11 is 0. The van der Waals surface area contributed by atoms with E-state index in [1.807, 2.05) is 0 Å². The molecular weight excluding hydrogens is 616 g/mol. The van der Waals surface area contributed by atoms with Gasteiger partial charge in [-0.25, -0.2) is 14.4 Å². The van der Waals surface area contributed by atoms with Crippen LogP contribution in [0, 0.1) is 6.92 Å². The zero-order valence-corrected chi connectivity index (χ0v) is 24.0. The van der Waals surface area contributed by atoms with Crippen LogP contribution in [0.3, 0.4) is 0 Å². The van der Waals surface area contributed by atoms with E-state index in [-0.39, 0.29) is 27.8 Å². The van der Waals surface area contributed by atoms with Gasteiger partial charge in [0.1, 0.15) is 24.6 Å². The van der Waals surface area contributed by atoms with Crippen molar-refractivity contribution in [3.63, 3.8) is 0 Å². The van der Waals surface area contributed by atoms with Crippen molar-refractivity contribution < 1.29 is 79.3 Å². The molecule has 16 heteroatoms. The van der Waals surface area contributed by atoms with Crippen LogP contribution in [0.1, 0.15) is 47.8 Å². The molecule has 1 heterocycles. The van der Waals surface area contributed by atoms with E-state index in [2.05, 4.69) is 0 Å². The van der Waals surface area contributed by atoms with E-state index in [1.165, 1.54) is 13.0 Å². The number of aryl methyl sites for hydroxylation is 1. The molecule has 1 saturated heterocycles. The number of phenols is 6. The van der Waals surface area contributed by atoms with E-state index >= 15 is 0 Å². The molecule has 3 aromatic rings. The number of hydrogen-bond donors (Lipinski definition) is 9. The fourth-order valence-electron chi connectivity index (χ4n) is 4.59. The average Bonchev–Trinajstić information content (AvgIpc) is 3.02. The molecule has 0 amide bonds. The van der Waals surface area contributed by atoms with Crippen LogP contribution < -0.4 is 0 Å². The topological polar surface area (TPSA) is 270 Å². The van der Waals surface area contributed by atoms with Gasteiger partial charge in [-0.3, -0.25) is 0 Å². The number of aliphatic hydroxyl groups is 3. The molecule has 4 atom stereocenters. The number of ether oxygens (including phenoxy) is 4. The molecule has 0 saturated carbocycles. The number of phenolic OH excluding ortho intramolecular Hbond substituents is 5. The lowest BCUT2D eigenvalue weighted by molar-refractivity contribution is -0.196. The van der Waals surface area contributed by atoms with Crippen LogP contribution in [0.4, 0.5) is 0 Å². The maximum Gasteiger partial charge on any atom is 0.338 e. The summed E-state index contributed by atoms with van der Waals surface area (Å²) in [4.78, 5) is 38.7. The van der Waals surface area contributed by atoms with Crippen LogP contribution in [0.5, 0.6) is 34.5 Å².